The number of aliphatic hydroxyl groups excluding tert-OH is 1. The molecule has 0 spiro atoms. The molecule has 1 unspecified atom stereocenters. The lowest BCUT2D eigenvalue weighted by molar-refractivity contribution is -0.119. The van der Waals surface area contributed by atoms with Crippen LogP contribution in [0.2, 0.25) is 0 Å². The van der Waals surface area contributed by atoms with Crippen molar-refractivity contribution in [2.75, 3.05) is 13.2 Å². The largest absolute Gasteiger partial charge is 0.394 e. The van der Waals surface area contributed by atoms with Gasteiger partial charge in [-0.25, -0.2) is 0 Å². The Hall–Kier alpha value is -0.410. The minimum atomic E-state index is -0.257. The van der Waals surface area contributed by atoms with Crippen LogP contribution in [-0.4, -0.2) is 30.7 Å². The van der Waals surface area contributed by atoms with E-state index in [1.54, 1.807) is 0 Å². The molecule has 1 fully saturated rings. The number of carbonyl (C=O) groups is 1. The van der Waals surface area contributed by atoms with Gasteiger partial charge >= 0.3 is 0 Å². The highest BCUT2D eigenvalue weighted by molar-refractivity contribution is 5.57. The first kappa shape index (κ1) is 7.69. The predicted molar refractivity (Wildman–Crippen MR) is 35.6 cm³/mol. The Kier molecular flexibility index (Phi) is 2.83. The smallest absolute Gasteiger partial charge is 0.149 e. The Morgan fingerprint density at radius 1 is 1.70 bits per heavy atom. The lowest BCUT2D eigenvalue weighted by Crippen LogP contribution is -2.18. The van der Waals surface area contributed by atoms with E-state index in [4.69, 9.17) is 9.84 Å². The maximum Gasteiger partial charge on any atom is 0.149 e. The molecule has 1 aliphatic rings. The van der Waals surface area contributed by atoms with E-state index >= 15 is 0 Å². The van der Waals surface area contributed by atoms with E-state index in [2.05, 4.69) is 0 Å². The van der Waals surface area contributed by atoms with E-state index in [-0.39, 0.29) is 19.3 Å². The molecule has 0 aromatic carbocycles. The van der Waals surface area contributed by atoms with Gasteiger partial charge in [-0.1, -0.05) is 0 Å². The zero-order chi connectivity index (χ0) is 7.40. The second-order valence-electron chi connectivity index (χ2n) is 2.53. The van der Waals surface area contributed by atoms with Gasteiger partial charge in [-0.3, -0.25) is 0 Å². The molecule has 0 bridgehead atoms. The topological polar surface area (TPSA) is 46.5 Å². The summed E-state index contributed by atoms with van der Waals surface area (Å²) in [5, 5.41) is 8.37. The summed E-state index contributed by atoms with van der Waals surface area (Å²) in [6.45, 7) is 0.275. The van der Waals surface area contributed by atoms with Gasteiger partial charge in [0.2, 0.25) is 0 Å². The van der Waals surface area contributed by atoms with Crippen LogP contribution in [0.15, 0.2) is 0 Å². The molecule has 0 radical (unpaired) electrons. The third-order valence-corrected chi connectivity index (χ3v) is 1.62. The number of aliphatic hydroxyl groups is 1. The van der Waals surface area contributed by atoms with E-state index in [0.29, 0.717) is 5.92 Å². The van der Waals surface area contributed by atoms with Gasteiger partial charge in [-0.15, -0.1) is 0 Å². The Labute approximate surface area is 60.0 Å². The van der Waals surface area contributed by atoms with Crippen molar-refractivity contribution in [2.24, 2.45) is 5.92 Å². The van der Waals surface area contributed by atoms with E-state index in [0.717, 1.165) is 19.1 Å². The lowest BCUT2D eigenvalue weighted by atomic mass is 10.2. The van der Waals surface area contributed by atoms with E-state index < -0.39 is 0 Å². The van der Waals surface area contributed by atoms with Crippen LogP contribution < -0.4 is 0 Å². The van der Waals surface area contributed by atoms with Gasteiger partial charge in [-0.05, 0) is 18.8 Å². The van der Waals surface area contributed by atoms with Crippen molar-refractivity contribution in [3.8, 4) is 0 Å². The molecule has 0 amide bonds. The van der Waals surface area contributed by atoms with Crippen LogP contribution in [-0.2, 0) is 9.53 Å². The molecule has 1 aliphatic carbocycles. The number of hydrogen-bond acceptors (Lipinski definition) is 3. The van der Waals surface area contributed by atoms with Gasteiger partial charge < -0.3 is 14.6 Å². The molecular formula is C7H12O3. The first-order valence-corrected chi connectivity index (χ1v) is 3.56. The molecule has 1 atom stereocenters. The first-order chi connectivity index (χ1) is 4.88. The second-order valence-corrected chi connectivity index (χ2v) is 2.53. The molecule has 0 heterocycles. The standard InChI is InChI=1S/C7H12O3/c8-3-4-10-7(5-9)6-1-2-6/h5-8H,1-4H2. The highest BCUT2D eigenvalue weighted by Gasteiger charge is 2.31. The van der Waals surface area contributed by atoms with Crippen LogP contribution >= 0.6 is 0 Å². The molecule has 0 aromatic rings. The summed E-state index contributed by atoms with van der Waals surface area (Å²) in [5.74, 6) is 0.434. The normalized spacial score (nSPS) is 20.5. The molecular weight excluding hydrogens is 132 g/mol. The monoisotopic (exact) mass is 144 g/mol. The van der Waals surface area contributed by atoms with Crippen molar-refractivity contribution in [3.63, 3.8) is 0 Å². The molecule has 10 heavy (non-hydrogen) atoms. The second kappa shape index (κ2) is 3.68. The van der Waals surface area contributed by atoms with Gasteiger partial charge in [0.05, 0.1) is 13.2 Å². The number of carbonyl (C=O) groups excluding carboxylic acids is 1. The number of rotatable bonds is 5. The molecule has 3 nitrogen and oxygen atoms in total. The summed E-state index contributed by atoms with van der Waals surface area (Å²) in [5.41, 5.74) is 0. The third-order valence-electron chi connectivity index (χ3n) is 1.62. The van der Waals surface area contributed by atoms with Crippen LogP contribution in [0.5, 0.6) is 0 Å². The number of ether oxygens (including phenoxy) is 1. The van der Waals surface area contributed by atoms with Gasteiger partial charge in [0.1, 0.15) is 12.4 Å². The van der Waals surface area contributed by atoms with Crippen molar-refractivity contribution < 1.29 is 14.6 Å². The molecule has 0 aromatic heterocycles. The van der Waals surface area contributed by atoms with Crippen LogP contribution in [0.3, 0.4) is 0 Å². The van der Waals surface area contributed by atoms with E-state index in [9.17, 15) is 4.79 Å². The van der Waals surface area contributed by atoms with Crippen LogP contribution in [0.1, 0.15) is 12.8 Å². The average Bonchev–Trinajstić information content (AvgIpc) is 2.73. The molecule has 1 saturated carbocycles. The summed E-state index contributed by atoms with van der Waals surface area (Å²) in [6.07, 6.45) is 2.75. The summed E-state index contributed by atoms with van der Waals surface area (Å²) in [4.78, 5) is 10.3. The third kappa shape index (κ3) is 2.08. The Bertz CT molecular complexity index is 109. The highest BCUT2D eigenvalue weighted by Crippen LogP contribution is 2.33. The summed E-state index contributed by atoms with van der Waals surface area (Å²) in [6, 6.07) is 0. The zero-order valence-electron chi connectivity index (χ0n) is 5.82. The van der Waals surface area contributed by atoms with Crippen LogP contribution in [0.4, 0.5) is 0 Å². The van der Waals surface area contributed by atoms with Crippen molar-refractivity contribution in [3.05, 3.63) is 0 Å². The zero-order valence-corrected chi connectivity index (χ0v) is 5.82. The molecule has 3 heteroatoms. The highest BCUT2D eigenvalue weighted by atomic mass is 16.5. The van der Waals surface area contributed by atoms with E-state index in [1.165, 1.54) is 0 Å². The Morgan fingerprint density at radius 2 is 2.40 bits per heavy atom. The fourth-order valence-electron chi connectivity index (χ4n) is 0.900. The summed E-state index contributed by atoms with van der Waals surface area (Å²) in [7, 11) is 0. The van der Waals surface area contributed by atoms with Crippen molar-refractivity contribution in [1.29, 1.82) is 0 Å². The quantitative estimate of drug-likeness (QED) is 0.551. The summed E-state index contributed by atoms with van der Waals surface area (Å²) >= 11 is 0. The minimum Gasteiger partial charge on any atom is -0.394 e. The van der Waals surface area contributed by atoms with Crippen molar-refractivity contribution in [1.82, 2.24) is 0 Å². The van der Waals surface area contributed by atoms with Gasteiger partial charge in [0, 0.05) is 0 Å². The van der Waals surface area contributed by atoms with Crippen molar-refractivity contribution >= 4 is 6.29 Å². The van der Waals surface area contributed by atoms with Crippen molar-refractivity contribution in [2.45, 2.75) is 18.9 Å². The van der Waals surface area contributed by atoms with Gasteiger partial charge in [0.25, 0.3) is 0 Å². The SMILES string of the molecule is O=CC(OCCO)C1CC1. The lowest BCUT2D eigenvalue weighted by Gasteiger charge is -2.07. The minimum absolute atomic E-state index is 0.00292. The van der Waals surface area contributed by atoms with Gasteiger partial charge in [-0.2, -0.15) is 0 Å². The molecule has 0 aliphatic heterocycles. The average molecular weight is 144 g/mol. The number of aldehydes is 1. The maximum atomic E-state index is 10.3. The molecule has 58 valence electrons. The fraction of sp³-hybridized carbons (Fsp3) is 0.857. The van der Waals surface area contributed by atoms with E-state index in [1.807, 2.05) is 0 Å². The first-order valence-electron chi connectivity index (χ1n) is 3.56. The number of hydrogen-bond donors (Lipinski definition) is 1. The fourth-order valence-corrected chi connectivity index (χ4v) is 0.900. The predicted octanol–water partition coefficient (Wildman–Crippen LogP) is -0.0272. The van der Waals surface area contributed by atoms with Gasteiger partial charge in [0.15, 0.2) is 0 Å². The van der Waals surface area contributed by atoms with Crippen LogP contribution in [0.25, 0.3) is 0 Å². The molecule has 1 rings (SSSR count). The molecule has 0 saturated heterocycles. The Morgan fingerprint density at radius 3 is 2.80 bits per heavy atom. The molecule has 1 N–H and O–H groups in total. The summed E-state index contributed by atoms with van der Waals surface area (Å²) < 4.78 is 5.05. The Balaban J connectivity index is 2.12. The maximum absolute atomic E-state index is 10.3. The van der Waals surface area contributed by atoms with Crippen LogP contribution in [0, 0.1) is 5.92 Å².